The molecule has 3 aromatic carbocycles. The third kappa shape index (κ3) is 4.45. The highest BCUT2D eigenvalue weighted by Crippen LogP contribution is 2.24. The summed E-state index contributed by atoms with van der Waals surface area (Å²) in [5, 5.41) is 3.07. The lowest BCUT2D eigenvalue weighted by atomic mass is 10.1. The lowest BCUT2D eigenvalue weighted by Crippen LogP contribution is -2.26. The van der Waals surface area contributed by atoms with Crippen molar-refractivity contribution in [2.75, 3.05) is 16.7 Å². The Morgan fingerprint density at radius 3 is 2.13 bits per heavy atom. The van der Waals surface area contributed by atoms with Crippen LogP contribution in [0.15, 0.2) is 77.7 Å². The molecule has 0 atom stereocenters. The average molecular weight is 444 g/mol. The van der Waals surface area contributed by atoms with Gasteiger partial charge in [0.25, 0.3) is 21.8 Å². The Bertz CT molecular complexity index is 1190. The molecule has 9 heteroatoms. The summed E-state index contributed by atoms with van der Waals surface area (Å²) in [5.74, 6) is -1.12. The lowest BCUT2D eigenvalue weighted by Gasteiger charge is -2.20. The van der Waals surface area contributed by atoms with Gasteiger partial charge in [0, 0.05) is 17.6 Å². The van der Waals surface area contributed by atoms with Crippen LogP contribution in [0.1, 0.15) is 20.7 Å². The van der Waals surface area contributed by atoms with Gasteiger partial charge >= 0.3 is 0 Å². The summed E-state index contributed by atoms with van der Waals surface area (Å²) in [7, 11) is -2.36. The van der Waals surface area contributed by atoms with Crippen LogP contribution in [-0.4, -0.2) is 27.3 Å². The molecule has 0 unspecified atom stereocenters. The van der Waals surface area contributed by atoms with E-state index in [0.29, 0.717) is 16.4 Å². The molecule has 0 aliphatic rings. The van der Waals surface area contributed by atoms with E-state index in [1.807, 2.05) is 0 Å². The first-order chi connectivity index (χ1) is 14.2. The van der Waals surface area contributed by atoms with E-state index in [4.69, 9.17) is 17.3 Å². The number of amides is 2. The van der Waals surface area contributed by atoms with Crippen LogP contribution in [0, 0.1) is 0 Å². The highest BCUT2D eigenvalue weighted by Gasteiger charge is 2.21. The fourth-order valence-electron chi connectivity index (χ4n) is 2.73. The Kier molecular flexibility index (Phi) is 6.09. The van der Waals surface area contributed by atoms with Crippen LogP contribution in [0.25, 0.3) is 0 Å². The number of rotatable bonds is 6. The Labute approximate surface area is 179 Å². The highest BCUT2D eigenvalue weighted by atomic mass is 35.5. The summed E-state index contributed by atoms with van der Waals surface area (Å²) in [6.07, 6.45) is 0. The Hall–Kier alpha value is -3.36. The quantitative estimate of drug-likeness (QED) is 0.607. The molecule has 7 nitrogen and oxygen atoms in total. The van der Waals surface area contributed by atoms with Crippen LogP contribution in [0.2, 0.25) is 5.02 Å². The fourth-order valence-corrected chi connectivity index (χ4v) is 4.05. The molecule has 0 radical (unpaired) electrons. The zero-order valence-electron chi connectivity index (χ0n) is 15.9. The van der Waals surface area contributed by atoms with Crippen LogP contribution in [0.3, 0.4) is 0 Å². The number of para-hydroxylation sites is 1. The molecular weight excluding hydrogens is 426 g/mol. The molecular formula is C21H18ClN3O4S. The minimum absolute atomic E-state index is 0.0966. The third-order valence-corrected chi connectivity index (χ3v) is 6.46. The topological polar surface area (TPSA) is 110 Å². The van der Waals surface area contributed by atoms with Crippen molar-refractivity contribution in [3.05, 3.63) is 88.9 Å². The molecule has 0 spiro atoms. The van der Waals surface area contributed by atoms with Gasteiger partial charge in [-0.05, 0) is 60.7 Å². The number of hydrogen-bond donors (Lipinski definition) is 2. The summed E-state index contributed by atoms with van der Waals surface area (Å²) in [5.41, 5.74) is 6.46. The summed E-state index contributed by atoms with van der Waals surface area (Å²) in [6.45, 7) is 0. The van der Waals surface area contributed by atoms with Crippen molar-refractivity contribution in [3.8, 4) is 0 Å². The number of benzene rings is 3. The number of sulfonamides is 1. The largest absolute Gasteiger partial charge is 0.366 e. The molecule has 0 fully saturated rings. The Balaban J connectivity index is 1.80. The summed E-state index contributed by atoms with van der Waals surface area (Å²) < 4.78 is 26.6. The number of primary amides is 1. The second-order valence-corrected chi connectivity index (χ2v) is 8.74. The lowest BCUT2D eigenvalue weighted by molar-refractivity contribution is 0.100. The molecule has 0 bridgehead atoms. The van der Waals surface area contributed by atoms with E-state index < -0.39 is 21.8 Å². The van der Waals surface area contributed by atoms with Crippen molar-refractivity contribution in [2.24, 2.45) is 5.73 Å². The van der Waals surface area contributed by atoms with Crippen molar-refractivity contribution in [2.45, 2.75) is 4.90 Å². The zero-order valence-corrected chi connectivity index (χ0v) is 17.4. The van der Waals surface area contributed by atoms with Gasteiger partial charge in [-0.2, -0.15) is 0 Å². The van der Waals surface area contributed by atoms with E-state index in [1.54, 1.807) is 18.2 Å². The first-order valence-electron chi connectivity index (χ1n) is 8.75. The molecule has 3 N–H and O–H groups in total. The second-order valence-electron chi connectivity index (χ2n) is 6.34. The van der Waals surface area contributed by atoms with Gasteiger partial charge in [0.2, 0.25) is 0 Å². The SMILES string of the molecule is CN(c1ccc(C(=O)Nc2ccccc2C(N)=O)cc1)S(=O)(=O)c1ccc(Cl)cc1. The van der Waals surface area contributed by atoms with Crippen LogP contribution in [0.5, 0.6) is 0 Å². The molecule has 0 saturated carbocycles. The Morgan fingerprint density at radius 1 is 0.933 bits per heavy atom. The first-order valence-corrected chi connectivity index (χ1v) is 10.6. The molecule has 30 heavy (non-hydrogen) atoms. The molecule has 0 heterocycles. The maximum atomic E-state index is 12.8. The minimum atomic E-state index is -3.78. The minimum Gasteiger partial charge on any atom is -0.366 e. The standard InChI is InChI=1S/C21H18ClN3O4S/c1-25(30(28,29)17-12-8-15(22)9-13-17)16-10-6-14(7-11-16)21(27)24-19-5-3-2-4-18(19)20(23)26/h2-13H,1H3,(H2,23,26)(H,24,27). The van der Waals surface area contributed by atoms with Crippen LogP contribution >= 0.6 is 11.6 Å². The number of carbonyl (C=O) groups excluding carboxylic acids is 2. The Morgan fingerprint density at radius 2 is 1.53 bits per heavy atom. The van der Waals surface area contributed by atoms with Crippen molar-refractivity contribution < 1.29 is 18.0 Å². The van der Waals surface area contributed by atoms with E-state index in [2.05, 4.69) is 5.32 Å². The van der Waals surface area contributed by atoms with Crippen LogP contribution in [-0.2, 0) is 10.0 Å². The average Bonchev–Trinajstić information content (AvgIpc) is 2.74. The molecule has 0 aliphatic carbocycles. The molecule has 2 amide bonds. The summed E-state index contributed by atoms with van der Waals surface area (Å²) >= 11 is 5.82. The van der Waals surface area contributed by atoms with Crippen molar-refractivity contribution in [1.29, 1.82) is 0 Å². The molecule has 0 saturated heterocycles. The van der Waals surface area contributed by atoms with Gasteiger partial charge in [-0.1, -0.05) is 23.7 Å². The third-order valence-electron chi connectivity index (χ3n) is 4.41. The van der Waals surface area contributed by atoms with Gasteiger partial charge in [0.1, 0.15) is 0 Å². The van der Waals surface area contributed by atoms with Crippen molar-refractivity contribution >= 4 is 44.8 Å². The number of anilines is 2. The van der Waals surface area contributed by atoms with Gasteiger partial charge in [0.05, 0.1) is 21.8 Å². The van der Waals surface area contributed by atoms with Crippen LogP contribution in [0.4, 0.5) is 11.4 Å². The second kappa shape index (κ2) is 8.56. The number of nitrogens with two attached hydrogens (primary N) is 1. The first kappa shape index (κ1) is 21.4. The molecule has 154 valence electrons. The highest BCUT2D eigenvalue weighted by molar-refractivity contribution is 7.92. The van der Waals surface area contributed by atoms with E-state index in [0.717, 1.165) is 4.31 Å². The zero-order chi connectivity index (χ0) is 21.9. The molecule has 3 aromatic rings. The maximum absolute atomic E-state index is 12.8. The van der Waals surface area contributed by atoms with Crippen molar-refractivity contribution in [1.82, 2.24) is 0 Å². The van der Waals surface area contributed by atoms with Gasteiger partial charge in [0.15, 0.2) is 0 Å². The number of carbonyl (C=O) groups is 2. The number of nitrogens with one attached hydrogen (secondary N) is 1. The summed E-state index contributed by atoms with van der Waals surface area (Å²) in [6, 6.07) is 18.2. The normalized spacial score (nSPS) is 11.0. The van der Waals surface area contributed by atoms with E-state index in [1.165, 1.54) is 61.6 Å². The van der Waals surface area contributed by atoms with Gasteiger partial charge < -0.3 is 11.1 Å². The van der Waals surface area contributed by atoms with E-state index in [9.17, 15) is 18.0 Å². The van der Waals surface area contributed by atoms with E-state index >= 15 is 0 Å². The predicted molar refractivity (Wildman–Crippen MR) is 116 cm³/mol. The fraction of sp³-hybridized carbons (Fsp3) is 0.0476. The van der Waals surface area contributed by atoms with Gasteiger partial charge in [-0.25, -0.2) is 8.42 Å². The van der Waals surface area contributed by atoms with Gasteiger partial charge in [-0.3, -0.25) is 13.9 Å². The number of halogens is 1. The number of hydrogen-bond acceptors (Lipinski definition) is 4. The number of nitrogens with zero attached hydrogens (tertiary/aromatic N) is 1. The smallest absolute Gasteiger partial charge is 0.264 e. The monoisotopic (exact) mass is 443 g/mol. The predicted octanol–water partition coefficient (Wildman–Crippen LogP) is 3.52. The molecule has 0 aliphatic heterocycles. The summed E-state index contributed by atoms with van der Waals surface area (Å²) in [4.78, 5) is 24.1. The molecule has 0 aromatic heterocycles. The van der Waals surface area contributed by atoms with Crippen LogP contribution < -0.4 is 15.4 Å². The van der Waals surface area contributed by atoms with E-state index in [-0.39, 0.29) is 16.0 Å². The van der Waals surface area contributed by atoms with Gasteiger partial charge in [-0.15, -0.1) is 0 Å². The maximum Gasteiger partial charge on any atom is 0.264 e. The molecule has 3 rings (SSSR count). The van der Waals surface area contributed by atoms with Crippen molar-refractivity contribution in [3.63, 3.8) is 0 Å².